The number of alkyl halides is 3. The average Bonchev–Trinajstić information content (AvgIpc) is 3.41. The van der Waals surface area contributed by atoms with Gasteiger partial charge in [-0.2, -0.15) is 13.2 Å². The van der Waals surface area contributed by atoms with E-state index < -0.39 is 86.7 Å². The highest BCUT2D eigenvalue weighted by atomic mass is 32.2. The highest BCUT2D eigenvalue weighted by molar-refractivity contribution is 7.91. The largest absolute Gasteiger partial charge is 0.443 e. The second-order valence-electron chi connectivity index (χ2n) is 17.1. The summed E-state index contributed by atoms with van der Waals surface area (Å²) >= 11 is 0. The van der Waals surface area contributed by atoms with E-state index in [0.717, 1.165) is 19.3 Å². The van der Waals surface area contributed by atoms with E-state index in [2.05, 4.69) is 6.92 Å². The Morgan fingerprint density at radius 3 is 1.62 bits per heavy atom. The molecule has 8 heterocycles. The molecule has 16 heteroatoms. The van der Waals surface area contributed by atoms with E-state index >= 15 is 13.2 Å². The molecule has 8 saturated heterocycles. The molecule has 0 aromatic carbocycles. The molecule has 0 aromatic rings. The number of hydrogen-bond acceptors (Lipinski definition) is 12. The van der Waals surface area contributed by atoms with Crippen molar-refractivity contribution in [1.82, 2.24) is 0 Å². The molecule has 10 fully saturated rings. The van der Waals surface area contributed by atoms with Gasteiger partial charge in [0.15, 0.2) is 51.3 Å². The van der Waals surface area contributed by atoms with Gasteiger partial charge in [0.05, 0.1) is 0 Å². The molecule has 2 saturated carbocycles. The molecule has 0 unspecified atom stereocenters. The quantitative estimate of drug-likeness (QED) is 0.293. The van der Waals surface area contributed by atoms with Crippen LogP contribution in [-0.4, -0.2) is 73.4 Å². The van der Waals surface area contributed by atoms with Crippen molar-refractivity contribution in [3.63, 3.8) is 0 Å². The van der Waals surface area contributed by atoms with Crippen LogP contribution in [0, 0.1) is 47.3 Å². The first-order valence-corrected chi connectivity index (χ1v) is 20.1. The van der Waals surface area contributed by atoms with Crippen molar-refractivity contribution in [1.29, 1.82) is 0 Å². The lowest BCUT2D eigenvalue weighted by Crippen LogP contribution is -2.76. The second kappa shape index (κ2) is 11.4. The molecule has 2 spiro atoms. The van der Waals surface area contributed by atoms with Gasteiger partial charge in [-0.1, -0.05) is 27.7 Å². The minimum absolute atomic E-state index is 0.0877. The lowest BCUT2D eigenvalue weighted by Gasteiger charge is -2.62. The number of hydrogen-bond donors (Lipinski definition) is 0. The van der Waals surface area contributed by atoms with Crippen LogP contribution in [0.15, 0.2) is 0 Å². The number of ether oxygens (including phenoxy) is 6. The molecule has 50 heavy (non-hydrogen) atoms. The average molecular weight is 741 g/mol. The Morgan fingerprint density at radius 2 is 1.10 bits per heavy atom. The molecular formula is C34H51F3O12S. The van der Waals surface area contributed by atoms with E-state index in [0.29, 0.717) is 38.0 Å². The lowest BCUT2D eigenvalue weighted by molar-refractivity contribution is -0.598. The van der Waals surface area contributed by atoms with Crippen LogP contribution >= 0.6 is 0 Å². The third-order valence-electron chi connectivity index (χ3n) is 14.2. The van der Waals surface area contributed by atoms with Gasteiger partial charge in [0.1, 0.15) is 0 Å². The second-order valence-corrected chi connectivity index (χ2v) is 19.0. The highest BCUT2D eigenvalue weighted by Crippen LogP contribution is 2.65. The van der Waals surface area contributed by atoms with Crippen LogP contribution in [0.4, 0.5) is 13.2 Å². The van der Waals surface area contributed by atoms with E-state index in [9.17, 15) is 8.42 Å². The summed E-state index contributed by atoms with van der Waals surface area (Å²) in [6.45, 7) is 12.5. The van der Waals surface area contributed by atoms with Crippen LogP contribution in [-0.2, 0) is 57.8 Å². The summed E-state index contributed by atoms with van der Waals surface area (Å²) in [6.07, 6.45) is -2.37. The Balaban J connectivity index is 1.03. The fourth-order valence-corrected chi connectivity index (χ4v) is 12.0. The molecule has 0 aromatic heterocycles. The molecule has 10 aliphatic rings. The zero-order valence-electron chi connectivity index (χ0n) is 29.8. The summed E-state index contributed by atoms with van der Waals surface area (Å²) in [4.78, 5) is 23.7. The molecule has 4 bridgehead atoms. The van der Waals surface area contributed by atoms with Gasteiger partial charge >= 0.3 is 6.18 Å². The van der Waals surface area contributed by atoms with Crippen molar-refractivity contribution in [2.24, 2.45) is 47.3 Å². The van der Waals surface area contributed by atoms with Crippen LogP contribution in [0.25, 0.3) is 0 Å². The van der Waals surface area contributed by atoms with Crippen molar-refractivity contribution in [3.8, 4) is 0 Å². The van der Waals surface area contributed by atoms with Crippen LogP contribution in [0.1, 0.15) is 99.8 Å². The monoisotopic (exact) mass is 740 g/mol. The maximum Gasteiger partial charge on any atom is 0.443 e. The maximum atomic E-state index is 15.3. The summed E-state index contributed by atoms with van der Waals surface area (Å²) in [5.74, 6) is -11.7. The Labute approximate surface area is 291 Å². The minimum atomic E-state index is -5.12. The normalized spacial score (nSPS) is 55.9. The lowest BCUT2D eigenvalue weighted by atomic mass is 9.57. The third-order valence-corrected chi connectivity index (χ3v) is 15.1. The summed E-state index contributed by atoms with van der Waals surface area (Å²) in [5, 5.41) is 0. The van der Waals surface area contributed by atoms with Gasteiger partial charge in [-0.05, 0) is 83.0 Å². The van der Waals surface area contributed by atoms with Gasteiger partial charge in [-0.3, -0.25) is 0 Å². The third kappa shape index (κ3) is 5.02. The summed E-state index contributed by atoms with van der Waals surface area (Å²) in [6, 6.07) is 0. The smallest absolute Gasteiger partial charge is 0.334 e. The van der Waals surface area contributed by atoms with Gasteiger partial charge in [0.2, 0.25) is 11.6 Å². The van der Waals surface area contributed by atoms with Gasteiger partial charge < -0.3 is 28.4 Å². The van der Waals surface area contributed by atoms with Gasteiger partial charge in [0.25, 0.3) is 5.79 Å². The molecule has 0 N–H and O–H groups in total. The predicted molar refractivity (Wildman–Crippen MR) is 164 cm³/mol. The molecule has 0 amide bonds. The van der Waals surface area contributed by atoms with Crippen molar-refractivity contribution in [2.75, 3.05) is 11.9 Å². The van der Waals surface area contributed by atoms with Crippen molar-refractivity contribution in [3.05, 3.63) is 0 Å². The maximum absolute atomic E-state index is 15.3. The van der Waals surface area contributed by atoms with E-state index in [-0.39, 0.29) is 29.6 Å². The Bertz CT molecular complexity index is 1470. The van der Waals surface area contributed by atoms with E-state index in [1.807, 2.05) is 13.8 Å². The zero-order valence-corrected chi connectivity index (χ0v) is 30.6. The molecule has 8 aliphatic heterocycles. The first kappa shape index (κ1) is 36.3. The highest BCUT2D eigenvalue weighted by Gasteiger charge is 2.78. The Hall–Kier alpha value is -0.660. The number of rotatable bonds is 6. The first-order valence-electron chi connectivity index (χ1n) is 18.2. The van der Waals surface area contributed by atoms with E-state index in [1.54, 1.807) is 20.8 Å². The fourth-order valence-electron chi connectivity index (χ4n) is 11.1. The first-order chi connectivity index (χ1) is 23.2. The standard InChI is InChI=1S/C34H51F3O12S/c1-18-8-10-24-20(3)30(7,44-26-31(24)22(18)12-14-28(5,42-26)46-48-31)40-16-50(38,39)17-41-33(34(35,36)37)21(4)25-11-9-19(2)23-13-15-29(6)43-27(45-33)32(23,25)49-47-29/h18-27H,8-17H2,1-7H3/t18-,19-,20-,21-,22+,23+,24+,25+,26+,27+,28-,29+,30+,31-,32-,33-/m1/s1. The molecule has 12 nitrogen and oxygen atoms in total. The Kier molecular flexibility index (Phi) is 8.31. The summed E-state index contributed by atoms with van der Waals surface area (Å²) < 4.78 is 109. The molecule has 10 rings (SSSR count). The van der Waals surface area contributed by atoms with Crippen LogP contribution < -0.4 is 0 Å². The number of sulfone groups is 1. The SMILES string of the molecule is C[C@@H]1CC[C@H]2[C@@H](C)[C@@](C)(OCS(=O)(=O)CO[C@@]3(C(F)(F)F)O[C@@H]4O[C@]5(C)CC[C@H]6[C@H](C)CC[C@@H]([C@H]3C)[C@@]46OO5)O[C@@H]3O[C@@]4(C)CC[C@@H]1[C@]32OO4. The minimum Gasteiger partial charge on any atom is -0.334 e. The molecule has 16 atom stereocenters. The molecular weight excluding hydrogens is 689 g/mol. The van der Waals surface area contributed by atoms with Crippen molar-refractivity contribution < 1.29 is 69.6 Å². The zero-order chi connectivity index (χ0) is 35.9. The van der Waals surface area contributed by atoms with Crippen LogP contribution in [0.5, 0.6) is 0 Å². The molecule has 0 radical (unpaired) electrons. The molecule has 2 aliphatic carbocycles. The van der Waals surface area contributed by atoms with Crippen molar-refractivity contribution >= 4 is 9.84 Å². The molecule has 286 valence electrons. The summed E-state index contributed by atoms with van der Waals surface area (Å²) in [5.41, 5.74) is -2.20. The van der Waals surface area contributed by atoms with Gasteiger partial charge in [-0.25, -0.2) is 28.0 Å². The topological polar surface area (TPSA) is 126 Å². The number of halogens is 3. The van der Waals surface area contributed by atoms with Crippen LogP contribution in [0.2, 0.25) is 0 Å². The van der Waals surface area contributed by atoms with Gasteiger partial charge in [0, 0.05) is 36.5 Å². The van der Waals surface area contributed by atoms with Crippen molar-refractivity contribution in [2.45, 2.75) is 153 Å². The van der Waals surface area contributed by atoms with Gasteiger partial charge in [-0.15, -0.1) is 0 Å². The van der Waals surface area contributed by atoms with E-state index in [4.69, 9.17) is 48.0 Å². The number of fused-ring (bicyclic) bond motifs is 4. The van der Waals surface area contributed by atoms with E-state index in [1.165, 1.54) is 6.92 Å². The Morgan fingerprint density at radius 1 is 0.620 bits per heavy atom. The fraction of sp³-hybridized carbons (Fsp3) is 1.00. The predicted octanol–water partition coefficient (Wildman–Crippen LogP) is 6.09. The summed E-state index contributed by atoms with van der Waals surface area (Å²) in [7, 11) is -4.44. The van der Waals surface area contributed by atoms with Crippen LogP contribution in [0.3, 0.4) is 0 Å².